The summed E-state index contributed by atoms with van der Waals surface area (Å²) in [5, 5.41) is 4.60. The zero-order chi connectivity index (χ0) is 14.7. The van der Waals surface area contributed by atoms with Crippen molar-refractivity contribution in [2.24, 2.45) is 0 Å². The molecule has 1 fully saturated rings. The lowest BCUT2D eigenvalue weighted by atomic mass is 10.2. The third kappa shape index (κ3) is 3.42. The van der Waals surface area contributed by atoms with Gasteiger partial charge in [-0.05, 0) is 37.1 Å². The summed E-state index contributed by atoms with van der Waals surface area (Å²) in [6, 6.07) is 7.24. The minimum atomic E-state index is 0.166. The summed E-state index contributed by atoms with van der Waals surface area (Å²) >= 11 is 5.84. The Morgan fingerprint density at radius 2 is 1.95 bits per heavy atom. The number of rotatable bonds is 4. The number of hydrogen-bond acceptors (Lipinski definition) is 4. The molecule has 1 aromatic carbocycles. The predicted octanol–water partition coefficient (Wildman–Crippen LogP) is 2.95. The van der Waals surface area contributed by atoms with Crippen LogP contribution in [0.2, 0.25) is 5.02 Å². The van der Waals surface area contributed by atoms with E-state index >= 15 is 0 Å². The van der Waals surface area contributed by atoms with Crippen molar-refractivity contribution in [1.29, 1.82) is 0 Å². The van der Waals surface area contributed by atoms with E-state index in [1.807, 2.05) is 17.0 Å². The number of aromatic nitrogens is 2. The smallest absolute Gasteiger partial charge is 0.227 e. The lowest BCUT2D eigenvalue weighted by Gasteiger charge is -2.13. The number of amides is 1. The van der Waals surface area contributed by atoms with Gasteiger partial charge >= 0.3 is 0 Å². The molecule has 0 spiro atoms. The molecule has 0 N–H and O–H groups in total. The van der Waals surface area contributed by atoms with Gasteiger partial charge in [-0.1, -0.05) is 16.8 Å². The second kappa shape index (κ2) is 6.26. The molecular formula is C15H16ClN3O2. The zero-order valence-electron chi connectivity index (χ0n) is 11.6. The number of carbonyl (C=O) groups excluding carboxylic acids is 1. The van der Waals surface area contributed by atoms with Gasteiger partial charge in [-0.2, -0.15) is 4.98 Å². The molecule has 3 rings (SSSR count). The van der Waals surface area contributed by atoms with Crippen LogP contribution < -0.4 is 0 Å². The Balaban J connectivity index is 1.60. The summed E-state index contributed by atoms with van der Waals surface area (Å²) < 4.78 is 5.20. The molecule has 1 aliphatic rings. The van der Waals surface area contributed by atoms with Crippen LogP contribution in [0.3, 0.4) is 0 Å². The van der Waals surface area contributed by atoms with Crippen LogP contribution >= 0.6 is 11.6 Å². The lowest BCUT2D eigenvalue weighted by molar-refractivity contribution is -0.130. The number of halogens is 1. The summed E-state index contributed by atoms with van der Waals surface area (Å²) in [6.07, 6.45) is 3.11. The second-order valence-corrected chi connectivity index (χ2v) is 5.54. The average Bonchev–Trinajstić information content (AvgIpc) is 3.17. The summed E-state index contributed by atoms with van der Waals surface area (Å²) in [5.74, 6) is 1.18. The normalized spacial score (nSPS) is 14.6. The third-order valence-corrected chi connectivity index (χ3v) is 3.83. The molecule has 6 heteroatoms. The number of nitrogens with zero attached hydrogens (tertiary/aromatic N) is 3. The van der Waals surface area contributed by atoms with E-state index in [0.29, 0.717) is 29.6 Å². The van der Waals surface area contributed by atoms with Crippen LogP contribution in [-0.2, 0) is 11.2 Å². The van der Waals surface area contributed by atoms with E-state index in [4.69, 9.17) is 16.1 Å². The molecule has 2 heterocycles. The van der Waals surface area contributed by atoms with Gasteiger partial charge in [-0.15, -0.1) is 0 Å². The van der Waals surface area contributed by atoms with Crippen molar-refractivity contribution in [3.63, 3.8) is 0 Å². The van der Waals surface area contributed by atoms with E-state index in [9.17, 15) is 4.79 Å². The number of carbonyl (C=O) groups is 1. The first-order chi connectivity index (χ1) is 10.2. The van der Waals surface area contributed by atoms with Gasteiger partial charge < -0.3 is 9.42 Å². The van der Waals surface area contributed by atoms with E-state index < -0.39 is 0 Å². The van der Waals surface area contributed by atoms with Gasteiger partial charge in [0, 0.05) is 36.5 Å². The van der Waals surface area contributed by atoms with Crippen LogP contribution in [0.15, 0.2) is 28.8 Å². The minimum absolute atomic E-state index is 0.166. The van der Waals surface area contributed by atoms with Gasteiger partial charge in [-0.3, -0.25) is 4.79 Å². The molecule has 0 atom stereocenters. The lowest BCUT2D eigenvalue weighted by Crippen LogP contribution is -2.27. The maximum Gasteiger partial charge on any atom is 0.227 e. The molecule has 1 aromatic heterocycles. The molecule has 5 nitrogen and oxygen atoms in total. The highest BCUT2D eigenvalue weighted by molar-refractivity contribution is 6.30. The van der Waals surface area contributed by atoms with Crippen LogP contribution in [0, 0.1) is 0 Å². The summed E-state index contributed by atoms with van der Waals surface area (Å²) in [6.45, 7) is 1.75. The fraction of sp³-hybridized carbons (Fsp3) is 0.400. The van der Waals surface area contributed by atoms with Gasteiger partial charge in [-0.25, -0.2) is 0 Å². The molecule has 0 bridgehead atoms. The zero-order valence-corrected chi connectivity index (χ0v) is 12.3. The number of benzene rings is 1. The highest BCUT2D eigenvalue weighted by atomic mass is 35.5. The van der Waals surface area contributed by atoms with Gasteiger partial charge in [0.1, 0.15) is 0 Å². The van der Waals surface area contributed by atoms with Gasteiger partial charge in [0.25, 0.3) is 0 Å². The molecular weight excluding hydrogens is 290 g/mol. The van der Waals surface area contributed by atoms with Crippen molar-refractivity contribution in [2.75, 3.05) is 13.1 Å². The first-order valence-electron chi connectivity index (χ1n) is 7.09. The van der Waals surface area contributed by atoms with E-state index in [1.54, 1.807) is 12.1 Å². The number of hydrogen-bond donors (Lipinski definition) is 0. The molecule has 2 aromatic rings. The SMILES string of the molecule is O=C(CCc1nc(-c2ccc(Cl)cc2)no1)N1CCCC1. The molecule has 0 aliphatic carbocycles. The number of aryl methyl sites for hydroxylation is 1. The van der Waals surface area contributed by atoms with Crippen molar-refractivity contribution in [1.82, 2.24) is 15.0 Å². The third-order valence-electron chi connectivity index (χ3n) is 3.58. The molecule has 0 unspecified atom stereocenters. The van der Waals surface area contributed by atoms with E-state index in [0.717, 1.165) is 31.5 Å². The van der Waals surface area contributed by atoms with Gasteiger partial charge in [0.05, 0.1) is 0 Å². The minimum Gasteiger partial charge on any atom is -0.343 e. The first kappa shape index (κ1) is 14.1. The Labute approximate surface area is 127 Å². The summed E-state index contributed by atoms with van der Waals surface area (Å²) in [5.41, 5.74) is 0.847. The predicted molar refractivity (Wildman–Crippen MR) is 78.9 cm³/mol. The highest BCUT2D eigenvalue weighted by Gasteiger charge is 2.18. The summed E-state index contributed by atoms with van der Waals surface area (Å²) in [4.78, 5) is 18.2. The highest BCUT2D eigenvalue weighted by Crippen LogP contribution is 2.19. The maximum absolute atomic E-state index is 12.0. The standard InChI is InChI=1S/C15H16ClN3O2/c16-12-5-3-11(4-6-12)15-17-13(21-18-15)7-8-14(20)19-9-1-2-10-19/h3-6H,1-2,7-10H2. The Hall–Kier alpha value is -1.88. The monoisotopic (exact) mass is 305 g/mol. The topological polar surface area (TPSA) is 59.2 Å². The van der Waals surface area contributed by atoms with Crippen LogP contribution in [-0.4, -0.2) is 34.0 Å². The maximum atomic E-state index is 12.0. The van der Waals surface area contributed by atoms with Crippen molar-refractivity contribution in [2.45, 2.75) is 25.7 Å². The quantitative estimate of drug-likeness (QED) is 0.871. The second-order valence-electron chi connectivity index (χ2n) is 5.11. The molecule has 1 saturated heterocycles. The van der Waals surface area contributed by atoms with Crippen molar-refractivity contribution < 1.29 is 9.32 Å². The first-order valence-corrected chi connectivity index (χ1v) is 7.46. The van der Waals surface area contributed by atoms with E-state index in [2.05, 4.69) is 10.1 Å². The molecule has 0 saturated carbocycles. The molecule has 1 aliphatic heterocycles. The average molecular weight is 306 g/mol. The molecule has 1 amide bonds. The van der Waals surface area contributed by atoms with Gasteiger partial charge in [0.15, 0.2) is 0 Å². The van der Waals surface area contributed by atoms with Gasteiger partial charge in [0.2, 0.25) is 17.6 Å². The van der Waals surface area contributed by atoms with Crippen molar-refractivity contribution in [3.8, 4) is 11.4 Å². The fourth-order valence-corrected chi connectivity index (χ4v) is 2.54. The molecule has 110 valence electrons. The summed E-state index contributed by atoms with van der Waals surface area (Å²) in [7, 11) is 0. The Morgan fingerprint density at radius 3 is 2.67 bits per heavy atom. The number of likely N-dealkylation sites (tertiary alicyclic amines) is 1. The Kier molecular flexibility index (Phi) is 4.20. The van der Waals surface area contributed by atoms with Crippen LogP contribution in [0.5, 0.6) is 0 Å². The Morgan fingerprint density at radius 1 is 1.24 bits per heavy atom. The van der Waals surface area contributed by atoms with E-state index in [-0.39, 0.29) is 5.91 Å². The molecule has 0 radical (unpaired) electrons. The van der Waals surface area contributed by atoms with Crippen LogP contribution in [0.25, 0.3) is 11.4 Å². The fourth-order valence-electron chi connectivity index (χ4n) is 2.41. The van der Waals surface area contributed by atoms with E-state index in [1.165, 1.54) is 0 Å². The van der Waals surface area contributed by atoms with Crippen molar-refractivity contribution >= 4 is 17.5 Å². The molecule has 21 heavy (non-hydrogen) atoms. The van der Waals surface area contributed by atoms with Crippen LogP contribution in [0.1, 0.15) is 25.2 Å². The largest absolute Gasteiger partial charge is 0.343 e. The van der Waals surface area contributed by atoms with Crippen LogP contribution in [0.4, 0.5) is 0 Å². The van der Waals surface area contributed by atoms with Crippen molar-refractivity contribution in [3.05, 3.63) is 35.2 Å². The Bertz CT molecular complexity index is 618.